The molecule has 1 saturated carbocycles. The summed E-state index contributed by atoms with van der Waals surface area (Å²) in [6, 6.07) is 13.7. The summed E-state index contributed by atoms with van der Waals surface area (Å²) in [4.78, 5) is 0. The first-order valence-corrected chi connectivity index (χ1v) is 9.00. The molecule has 0 heterocycles. The summed E-state index contributed by atoms with van der Waals surface area (Å²) in [5, 5.41) is 9.37. The van der Waals surface area contributed by atoms with Crippen molar-refractivity contribution in [2.24, 2.45) is 5.41 Å². The van der Waals surface area contributed by atoms with Gasteiger partial charge in [0, 0.05) is 18.9 Å². The average molecular weight is 372 g/mol. The monoisotopic (exact) mass is 372 g/mol. The Kier molecular flexibility index (Phi) is 6.01. The maximum absolute atomic E-state index is 12.9. The van der Waals surface area contributed by atoms with E-state index in [0.29, 0.717) is 25.4 Å². The number of ether oxygens (including phenoxy) is 3. The fraction of sp³-hybridized carbons (Fsp3) is 0.364. The molecule has 1 aliphatic carbocycles. The molecule has 1 fully saturated rings. The van der Waals surface area contributed by atoms with E-state index in [0.717, 1.165) is 24.2 Å². The molecule has 1 atom stereocenters. The van der Waals surface area contributed by atoms with Crippen LogP contribution in [0.2, 0.25) is 0 Å². The zero-order chi connectivity index (χ0) is 19.3. The summed E-state index contributed by atoms with van der Waals surface area (Å²) in [7, 11) is 1.61. The molecule has 2 aromatic carbocycles. The van der Waals surface area contributed by atoms with Crippen molar-refractivity contribution in [1.82, 2.24) is 0 Å². The van der Waals surface area contributed by atoms with Gasteiger partial charge in [0.05, 0.1) is 25.1 Å². The van der Waals surface area contributed by atoms with Crippen molar-refractivity contribution in [3.05, 3.63) is 72.2 Å². The molecule has 4 nitrogen and oxygen atoms in total. The van der Waals surface area contributed by atoms with Crippen LogP contribution in [0.25, 0.3) is 0 Å². The molecule has 2 aromatic rings. The Bertz CT molecular complexity index is 751. The molecule has 0 aliphatic heterocycles. The molecule has 0 spiro atoms. The van der Waals surface area contributed by atoms with Crippen LogP contribution < -0.4 is 9.47 Å². The van der Waals surface area contributed by atoms with E-state index in [2.05, 4.69) is 6.58 Å². The predicted octanol–water partition coefficient (Wildman–Crippen LogP) is 5.21. The quantitative estimate of drug-likeness (QED) is 0.582. The van der Waals surface area contributed by atoms with Crippen molar-refractivity contribution in [3.63, 3.8) is 0 Å². The van der Waals surface area contributed by atoms with Crippen molar-refractivity contribution in [2.45, 2.75) is 25.4 Å². The lowest BCUT2D eigenvalue weighted by molar-refractivity contribution is 0.0935. The number of aliphatic hydroxyl groups is 1. The van der Waals surface area contributed by atoms with E-state index < -0.39 is 0 Å². The third-order valence-electron chi connectivity index (χ3n) is 4.82. The van der Waals surface area contributed by atoms with E-state index >= 15 is 0 Å². The maximum Gasteiger partial charge on any atom is 0.123 e. The van der Waals surface area contributed by atoms with Gasteiger partial charge in [-0.25, -0.2) is 4.39 Å². The first-order chi connectivity index (χ1) is 13.0. The Labute approximate surface area is 159 Å². The second kappa shape index (κ2) is 8.44. The van der Waals surface area contributed by atoms with E-state index in [1.54, 1.807) is 19.2 Å². The summed E-state index contributed by atoms with van der Waals surface area (Å²) in [6.07, 6.45) is 2.24. The molecule has 0 bridgehead atoms. The number of halogens is 1. The number of aliphatic hydroxyl groups excluding tert-OH is 1. The zero-order valence-electron chi connectivity index (χ0n) is 15.5. The second-order valence-corrected chi connectivity index (χ2v) is 7.10. The second-order valence-electron chi connectivity index (χ2n) is 7.10. The minimum Gasteiger partial charge on any atom is -0.513 e. The number of rotatable bonds is 10. The number of methoxy groups -OCH3 is 1. The highest BCUT2D eigenvalue weighted by atomic mass is 19.1. The van der Waals surface area contributed by atoms with Crippen molar-refractivity contribution >= 4 is 0 Å². The van der Waals surface area contributed by atoms with Crippen molar-refractivity contribution in [1.29, 1.82) is 0 Å². The van der Waals surface area contributed by atoms with Crippen LogP contribution in [0, 0.1) is 11.2 Å². The highest BCUT2D eigenvalue weighted by Gasteiger charge is 2.44. The Balaban J connectivity index is 1.50. The Hall–Kier alpha value is -2.53. The van der Waals surface area contributed by atoms with E-state index in [1.165, 1.54) is 12.1 Å². The fourth-order valence-electron chi connectivity index (χ4n) is 2.84. The standard InChI is InChI=1S/C22H25FO4/c1-16(24)13-21(25-2)17-3-7-19(8-4-17)26-14-22(11-12-22)15-27-20-9-5-18(23)6-10-20/h3-10,21,24H,1,11-15H2,2H3. The Morgan fingerprint density at radius 2 is 1.56 bits per heavy atom. The van der Waals surface area contributed by atoms with Gasteiger partial charge in [-0.15, -0.1) is 0 Å². The highest BCUT2D eigenvalue weighted by molar-refractivity contribution is 5.29. The van der Waals surface area contributed by atoms with Gasteiger partial charge in [-0.05, 0) is 54.8 Å². The van der Waals surface area contributed by atoms with E-state index in [-0.39, 0.29) is 23.1 Å². The molecule has 1 aliphatic rings. The zero-order valence-corrected chi connectivity index (χ0v) is 15.5. The van der Waals surface area contributed by atoms with Gasteiger partial charge in [-0.1, -0.05) is 18.7 Å². The van der Waals surface area contributed by atoms with Crippen LogP contribution in [-0.4, -0.2) is 25.4 Å². The molecule has 1 unspecified atom stereocenters. The van der Waals surface area contributed by atoms with E-state index in [1.807, 2.05) is 24.3 Å². The minimum absolute atomic E-state index is 0.0246. The predicted molar refractivity (Wildman–Crippen MR) is 102 cm³/mol. The fourth-order valence-corrected chi connectivity index (χ4v) is 2.84. The molecular formula is C22H25FO4. The first kappa shape index (κ1) is 19.2. The lowest BCUT2D eigenvalue weighted by Gasteiger charge is -2.18. The third kappa shape index (κ3) is 5.47. The van der Waals surface area contributed by atoms with Crippen molar-refractivity contribution in [2.75, 3.05) is 20.3 Å². The minimum atomic E-state index is -0.269. The van der Waals surface area contributed by atoms with Gasteiger partial charge in [0.1, 0.15) is 17.3 Å². The summed E-state index contributed by atoms with van der Waals surface area (Å²) in [5.74, 6) is 1.28. The van der Waals surface area contributed by atoms with Crippen LogP contribution in [0.5, 0.6) is 11.5 Å². The van der Waals surface area contributed by atoms with Gasteiger partial charge in [-0.3, -0.25) is 0 Å². The molecule has 0 amide bonds. The van der Waals surface area contributed by atoms with E-state index in [4.69, 9.17) is 14.2 Å². The number of hydrogen-bond donors (Lipinski definition) is 1. The first-order valence-electron chi connectivity index (χ1n) is 9.00. The third-order valence-corrected chi connectivity index (χ3v) is 4.82. The van der Waals surface area contributed by atoms with Gasteiger partial charge in [0.15, 0.2) is 0 Å². The Morgan fingerprint density at radius 3 is 2.00 bits per heavy atom. The van der Waals surface area contributed by atoms with Crippen LogP contribution in [0.3, 0.4) is 0 Å². The van der Waals surface area contributed by atoms with Gasteiger partial charge in [0.2, 0.25) is 0 Å². The summed E-state index contributed by atoms with van der Waals surface area (Å²) in [6.45, 7) is 4.65. The van der Waals surface area contributed by atoms with Crippen molar-refractivity contribution < 1.29 is 23.7 Å². The summed E-state index contributed by atoms with van der Waals surface area (Å²) < 4.78 is 30.1. The largest absolute Gasteiger partial charge is 0.513 e. The lowest BCUT2D eigenvalue weighted by Crippen LogP contribution is -2.21. The molecule has 1 N–H and O–H groups in total. The number of benzene rings is 2. The molecule has 5 heteroatoms. The topological polar surface area (TPSA) is 47.9 Å². The summed E-state index contributed by atoms with van der Waals surface area (Å²) in [5.41, 5.74) is 0.984. The van der Waals surface area contributed by atoms with Gasteiger partial charge in [0.25, 0.3) is 0 Å². The maximum atomic E-state index is 12.9. The van der Waals surface area contributed by atoms with Crippen LogP contribution >= 0.6 is 0 Å². The van der Waals surface area contributed by atoms with Gasteiger partial charge >= 0.3 is 0 Å². The van der Waals surface area contributed by atoms with Crippen LogP contribution in [-0.2, 0) is 4.74 Å². The van der Waals surface area contributed by atoms with Crippen LogP contribution in [0.15, 0.2) is 60.9 Å². The molecule has 0 aromatic heterocycles. The van der Waals surface area contributed by atoms with Gasteiger partial charge < -0.3 is 19.3 Å². The SMILES string of the molecule is C=C(O)CC(OC)c1ccc(OCC2(COc3ccc(F)cc3)CC2)cc1. The molecule has 3 rings (SSSR count). The molecule has 0 radical (unpaired) electrons. The molecule has 144 valence electrons. The van der Waals surface area contributed by atoms with Gasteiger partial charge in [-0.2, -0.15) is 0 Å². The molecule has 27 heavy (non-hydrogen) atoms. The smallest absolute Gasteiger partial charge is 0.123 e. The highest BCUT2D eigenvalue weighted by Crippen LogP contribution is 2.46. The Morgan fingerprint density at radius 1 is 1.04 bits per heavy atom. The normalized spacial score (nSPS) is 15.8. The number of hydrogen-bond acceptors (Lipinski definition) is 4. The molecule has 0 saturated heterocycles. The summed E-state index contributed by atoms with van der Waals surface area (Å²) >= 11 is 0. The average Bonchev–Trinajstić information content (AvgIpc) is 3.45. The molecular weight excluding hydrogens is 347 g/mol. The van der Waals surface area contributed by atoms with Crippen LogP contribution in [0.1, 0.15) is 30.9 Å². The van der Waals surface area contributed by atoms with Crippen molar-refractivity contribution in [3.8, 4) is 11.5 Å². The lowest BCUT2D eigenvalue weighted by atomic mass is 10.1. The van der Waals surface area contributed by atoms with Crippen LogP contribution in [0.4, 0.5) is 4.39 Å². The van der Waals surface area contributed by atoms with E-state index in [9.17, 15) is 9.50 Å².